The molecule has 0 bridgehead atoms. The molecule has 0 radical (unpaired) electrons. The van der Waals surface area contributed by atoms with Crippen molar-refractivity contribution in [3.63, 3.8) is 0 Å². The van der Waals surface area contributed by atoms with Gasteiger partial charge in [-0.1, -0.05) is 17.8 Å². The lowest BCUT2D eigenvalue weighted by Gasteiger charge is -2.11. The van der Waals surface area contributed by atoms with Crippen molar-refractivity contribution in [2.45, 2.75) is 28.8 Å². The molecule has 1 aromatic heterocycles. The van der Waals surface area contributed by atoms with Gasteiger partial charge in [0.1, 0.15) is 10.7 Å². The van der Waals surface area contributed by atoms with Crippen molar-refractivity contribution in [1.29, 1.82) is 0 Å². The number of sulfone groups is 1. The molecule has 0 fully saturated rings. The lowest BCUT2D eigenvalue weighted by Crippen LogP contribution is -2.15. The second kappa shape index (κ2) is 10.1. The Hall–Kier alpha value is -3.31. The van der Waals surface area contributed by atoms with E-state index in [0.29, 0.717) is 17.2 Å². The number of carbonyl (C=O) groups is 1. The average molecular weight is 489 g/mol. The summed E-state index contributed by atoms with van der Waals surface area (Å²) in [6, 6.07) is 9.86. The molecule has 0 aliphatic carbocycles. The third-order valence-electron chi connectivity index (χ3n) is 4.84. The maximum atomic E-state index is 12.9. The predicted molar refractivity (Wildman–Crippen MR) is 127 cm³/mol. The van der Waals surface area contributed by atoms with Crippen molar-refractivity contribution >= 4 is 39.0 Å². The summed E-state index contributed by atoms with van der Waals surface area (Å²) < 4.78 is 36.3. The molecule has 1 amide bonds. The van der Waals surface area contributed by atoms with Crippen molar-refractivity contribution in [2.75, 3.05) is 31.0 Å². The zero-order valence-electron chi connectivity index (χ0n) is 18.6. The summed E-state index contributed by atoms with van der Waals surface area (Å²) in [4.78, 5) is 20.4. The maximum Gasteiger partial charge on any atom is 0.234 e. The first-order valence-electron chi connectivity index (χ1n) is 9.75. The molecule has 3 N–H and O–H groups in total. The molecule has 3 rings (SSSR count). The van der Waals surface area contributed by atoms with Crippen molar-refractivity contribution < 1.29 is 22.7 Å². The fourth-order valence-corrected chi connectivity index (χ4v) is 4.86. The molecule has 0 aliphatic heterocycles. The summed E-state index contributed by atoms with van der Waals surface area (Å²) in [5, 5.41) is 2.93. The molecule has 33 heavy (non-hydrogen) atoms. The second-order valence-corrected chi connectivity index (χ2v) is 9.92. The lowest BCUT2D eigenvalue weighted by atomic mass is 10.1. The van der Waals surface area contributed by atoms with Gasteiger partial charge in [-0.2, -0.15) is 0 Å². The maximum absolute atomic E-state index is 12.9. The summed E-state index contributed by atoms with van der Waals surface area (Å²) in [6.07, 6.45) is 1.17. The first kappa shape index (κ1) is 24.3. The smallest absolute Gasteiger partial charge is 0.234 e. The number of nitrogens with zero attached hydrogens (tertiary/aromatic N) is 2. The minimum Gasteiger partial charge on any atom is -0.493 e. The number of nitrogens with one attached hydrogen (secondary N) is 1. The highest BCUT2D eigenvalue weighted by atomic mass is 32.2. The fraction of sp³-hybridized carbons (Fsp3) is 0.227. The minimum atomic E-state index is -3.87. The van der Waals surface area contributed by atoms with Crippen LogP contribution in [0.25, 0.3) is 0 Å². The number of hydrogen-bond donors (Lipinski definition) is 2. The third-order valence-corrected chi connectivity index (χ3v) is 7.47. The Labute approximate surface area is 196 Å². The summed E-state index contributed by atoms with van der Waals surface area (Å²) in [5.41, 5.74) is 8.30. The molecule has 174 valence electrons. The van der Waals surface area contributed by atoms with E-state index in [-0.39, 0.29) is 32.4 Å². The molecule has 2 aromatic carbocycles. The van der Waals surface area contributed by atoms with E-state index in [1.54, 1.807) is 30.3 Å². The van der Waals surface area contributed by atoms with E-state index < -0.39 is 9.84 Å². The van der Waals surface area contributed by atoms with Crippen molar-refractivity contribution in [3.05, 3.63) is 53.7 Å². The van der Waals surface area contributed by atoms with Gasteiger partial charge >= 0.3 is 0 Å². The van der Waals surface area contributed by atoms with Gasteiger partial charge in [-0.05, 0) is 49.2 Å². The number of aromatic nitrogens is 2. The molecule has 0 spiro atoms. The van der Waals surface area contributed by atoms with Crippen LogP contribution in [0.5, 0.6) is 11.5 Å². The van der Waals surface area contributed by atoms with E-state index >= 15 is 0 Å². The molecule has 11 heteroatoms. The quantitative estimate of drug-likeness (QED) is 0.362. The van der Waals surface area contributed by atoms with E-state index in [2.05, 4.69) is 15.3 Å². The molecule has 0 aliphatic rings. The highest BCUT2D eigenvalue weighted by molar-refractivity contribution is 7.99. The number of thioether (sulfide) groups is 1. The monoisotopic (exact) mass is 488 g/mol. The molecule has 1 heterocycles. The van der Waals surface area contributed by atoms with E-state index in [9.17, 15) is 13.2 Å². The number of aryl methyl sites for hydroxylation is 2. The largest absolute Gasteiger partial charge is 0.493 e. The van der Waals surface area contributed by atoms with Crippen LogP contribution in [0.3, 0.4) is 0 Å². The van der Waals surface area contributed by atoms with Crippen LogP contribution in [0.15, 0.2) is 57.5 Å². The molecule has 0 atom stereocenters. The van der Waals surface area contributed by atoms with Crippen LogP contribution in [0.2, 0.25) is 0 Å². The molecule has 9 nitrogen and oxygen atoms in total. The summed E-state index contributed by atoms with van der Waals surface area (Å²) in [5.74, 6) is 0.549. The van der Waals surface area contributed by atoms with Crippen LogP contribution in [0.1, 0.15) is 11.1 Å². The van der Waals surface area contributed by atoms with Crippen LogP contribution < -0.4 is 20.5 Å². The van der Waals surface area contributed by atoms with Gasteiger partial charge in [-0.3, -0.25) is 4.79 Å². The number of methoxy groups -OCH3 is 2. The normalized spacial score (nSPS) is 11.2. The molecule has 3 aromatic rings. The van der Waals surface area contributed by atoms with Gasteiger partial charge < -0.3 is 20.5 Å². The molecule has 0 saturated carbocycles. The number of rotatable bonds is 8. The number of nitrogen functional groups attached to an aromatic ring is 1. The fourth-order valence-electron chi connectivity index (χ4n) is 2.89. The minimum absolute atomic E-state index is 0.00294. The Morgan fingerprint density at radius 2 is 1.79 bits per heavy atom. The van der Waals surface area contributed by atoms with Crippen molar-refractivity contribution in [3.8, 4) is 11.5 Å². The number of hydrogen-bond acceptors (Lipinski definition) is 9. The van der Waals surface area contributed by atoms with Gasteiger partial charge in [0, 0.05) is 11.8 Å². The van der Waals surface area contributed by atoms with Crippen LogP contribution in [0.4, 0.5) is 11.5 Å². The van der Waals surface area contributed by atoms with Crippen LogP contribution >= 0.6 is 11.8 Å². The number of nitrogens with two attached hydrogens (primary N) is 1. The van der Waals surface area contributed by atoms with E-state index in [0.717, 1.165) is 22.9 Å². The number of benzene rings is 2. The Morgan fingerprint density at radius 1 is 1.06 bits per heavy atom. The van der Waals surface area contributed by atoms with Gasteiger partial charge in [0.15, 0.2) is 16.7 Å². The molecule has 0 saturated heterocycles. The summed E-state index contributed by atoms with van der Waals surface area (Å²) in [7, 11) is -0.841. The highest BCUT2D eigenvalue weighted by Crippen LogP contribution is 2.30. The zero-order valence-corrected chi connectivity index (χ0v) is 20.2. The van der Waals surface area contributed by atoms with Gasteiger partial charge in [0.25, 0.3) is 0 Å². The summed E-state index contributed by atoms with van der Waals surface area (Å²) in [6.45, 7) is 3.73. The Morgan fingerprint density at radius 3 is 2.42 bits per heavy atom. The first-order valence-corrected chi connectivity index (χ1v) is 12.2. The third kappa shape index (κ3) is 5.55. The SMILES string of the molecule is COc1ccc(NC(=O)CSc2ncc(S(=O)(=O)c3ccc(C)c(C)c3)c(N)n2)cc1OC. The van der Waals surface area contributed by atoms with Crippen LogP contribution in [-0.2, 0) is 14.6 Å². The van der Waals surface area contributed by atoms with E-state index in [1.807, 2.05) is 13.8 Å². The zero-order chi connectivity index (χ0) is 24.2. The molecular weight excluding hydrogens is 464 g/mol. The number of amides is 1. The predicted octanol–water partition coefficient (Wildman–Crippen LogP) is 3.26. The van der Waals surface area contributed by atoms with E-state index in [1.165, 1.54) is 26.5 Å². The van der Waals surface area contributed by atoms with E-state index in [4.69, 9.17) is 15.2 Å². The summed E-state index contributed by atoms with van der Waals surface area (Å²) >= 11 is 1.03. The highest BCUT2D eigenvalue weighted by Gasteiger charge is 2.23. The lowest BCUT2D eigenvalue weighted by molar-refractivity contribution is -0.113. The van der Waals surface area contributed by atoms with Crippen molar-refractivity contribution in [2.24, 2.45) is 0 Å². The Kier molecular flexibility index (Phi) is 7.44. The second-order valence-electron chi connectivity index (χ2n) is 7.06. The molecular formula is C22H24N4O5S2. The average Bonchev–Trinajstić information content (AvgIpc) is 2.79. The Balaban J connectivity index is 1.69. The molecule has 0 unspecified atom stereocenters. The first-order chi connectivity index (χ1) is 15.6. The van der Waals surface area contributed by atoms with Gasteiger partial charge in [0.2, 0.25) is 15.7 Å². The topological polar surface area (TPSA) is 133 Å². The standard InChI is InChI=1S/C22H24N4O5S2/c1-13-5-7-16(9-14(13)2)33(28,29)19-11-24-22(26-21(19)23)32-12-20(27)25-15-6-8-17(30-3)18(10-15)31-4/h5-11H,12H2,1-4H3,(H,25,27)(H2,23,24,26). The van der Waals surface area contributed by atoms with Gasteiger partial charge in [0.05, 0.1) is 31.1 Å². The van der Waals surface area contributed by atoms with Crippen LogP contribution in [-0.4, -0.2) is 44.3 Å². The number of carbonyl (C=O) groups excluding carboxylic acids is 1. The van der Waals surface area contributed by atoms with Crippen molar-refractivity contribution in [1.82, 2.24) is 9.97 Å². The van der Waals surface area contributed by atoms with Gasteiger partial charge in [-0.15, -0.1) is 0 Å². The van der Waals surface area contributed by atoms with Gasteiger partial charge in [-0.25, -0.2) is 18.4 Å². The van der Waals surface area contributed by atoms with Crippen LogP contribution in [0, 0.1) is 13.8 Å². The Bertz CT molecular complexity index is 1300. The number of anilines is 2. The number of ether oxygens (including phenoxy) is 2.